The molecular formula is C27H29N5O2S. The van der Waals surface area contributed by atoms with Gasteiger partial charge in [-0.3, -0.25) is 14.0 Å². The second-order valence-electron chi connectivity index (χ2n) is 9.27. The summed E-state index contributed by atoms with van der Waals surface area (Å²) >= 11 is 1.41. The van der Waals surface area contributed by atoms with E-state index in [0.717, 1.165) is 33.4 Å². The summed E-state index contributed by atoms with van der Waals surface area (Å²) in [6.07, 6.45) is 1.34. The quantitative estimate of drug-likeness (QED) is 0.410. The van der Waals surface area contributed by atoms with Crippen molar-refractivity contribution in [2.24, 2.45) is 5.92 Å². The Bertz CT molecular complexity index is 1420. The van der Waals surface area contributed by atoms with Gasteiger partial charge in [0.25, 0.3) is 0 Å². The number of aromatic nitrogens is 3. The zero-order valence-corrected chi connectivity index (χ0v) is 21.1. The van der Waals surface area contributed by atoms with Gasteiger partial charge in [-0.1, -0.05) is 47.7 Å². The first kappa shape index (κ1) is 23.4. The second kappa shape index (κ2) is 9.70. The number of rotatable bonds is 5. The van der Waals surface area contributed by atoms with Gasteiger partial charge in [0, 0.05) is 30.1 Å². The maximum atomic E-state index is 12.9. The van der Waals surface area contributed by atoms with Crippen LogP contribution in [0.2, 0.25) is 0 Å². The summed E-state index contributed by atoms with van der Waals surface area (Å²) in [5.74, 6) is 0.317. The van der Waals surface area contributed by atoms with E-state index in [0.29, 0.717) is 36.8 Å². The van der Waals surface area contributed by atoms with E-state index < -0.39 is 0 Å². The number of piperidine rings is 1. The van der Waals surface area contributed by atoms with Crippen molar-refractivity contribution in [1.82, 2.24) is 19.5 Å². The molecule has 7 nitrogen and oxygen atoms in total. The van der Waals surface area contributed by atoms with Crippen molar-refractivity contribution < 1.29 is 9.59 Å². The van der Waals surface area contributed by atoms with E-state index in [2.05, 4.69) is 40.6 Å². The summed E-state index contributed by atoms with van der Waals surface area (Å²) in [6, 6.07) is 16.2. The maximum absolute atomic E-state index is 12.9. The van der Waals surface area contributed by atoms with Crippen LogP contribution in [0, 0.1) is 26.7 Å². The Balaban J connectivity index is 1.19. The number of anilines is 1. The molecule has 0 radical (unpaired) electrons. The molecular weight excluding hydrogens is 458 g/mol. The van der Waals surface area contributed by atoms with Gasteiger partial charge in [0.1, 0.15) is 0 Å². The molecule has 2 amide bonds. The fourth-order valence-electron chi connectivity index (χ4n) is 4.77. The number of benzene rings is 2. The molecule has 1 fully saturated rings. The standard InChI is InChI=1S/C27H29N5O2S/c1-17-8-9-22(19(3)14-17)28-26(34)20-10-12-31(13-11-20)25(33)16-35-27-30-29-24-15-18(2)21-6-4-5-7-23(21)32(24)27/h4-9,14-15,20H,10-13,16H2,1-3H3,(H,28,34). The lowest BCUT2D eigenvalue weighted by molar-refractivity contribution is -0.132. The van der Waals surface area contributed by atoms with E-state index >= 15 is 0 Å². The van der Waals surface area contributed by atoms with E-state index in [1.165, 1.54) is 17.3 Å². The molecule has 1 saturated heterocycles. The summed E-state index contributed by atoms with van der Waals surface area (Å²) in [6.45, 7) is 7.29. The molecule has 0 saturated carbocycles. The minimum Gasteiger partial charge on any atom is -0.342 e. The zero-order chi connectivity index (χ0) is 24.5. The van der Waals surface area contributed by atoms with Crippen LogP contribution in [0.15, 0.2) is 53.7 Å². The topological polar surface area (TPSA) is 79.6 Å². The van der Waals surface area contributed by atoms with Gasteiger partial charge in [0.05, 0.1) is 11.3 Å². The number of carbonyl (C=O) groups excluding carboxylic acids is 2. The number of hydrogen-bond acceptors (Lipinski definition) is 5. The minimum atomic E-state index is -0.0811. The molecule has 1 N–H and O–H groups in total. The molecule has 180 valence electrons. The molecule has 3 heterocycles. The van der Waals surface area contributed by atoms with Crippen LogP contribution in [0.1, 0.15) is 29.5 Å². The van der Waals surface area contributed by atoms with Crippen LogP contribution in [0.5, 0.6) is 0 Å². The highest BCUT2D eigenvalue weighted by atomic mass is 32.2. The van der Waals surface area contributed by atoms with Crippen molar-refractivity contribution >= 4 is 45.8 Å². The SMILES string of the molecule is Cc1ccc(NC(=O)C2CCN(C(=O)CSc3nnc4cc(C)c5ccccc5n34)CC2)c(C)c1. The molecule has 2 aromatic heterocycles. The minimum absolute atomic E-state index is 0.0375. The van der Waals surface area contributed by atoms with Crippen LogP contribution in [-0.4, -0.2) is 50.2 Å². The summed E-state index contributed by atoms with van der Waals surface area (Å²) < 4.78 is 2.02. The van der Waals surface area contributed by atoms with Gasteiger partial charge < -0.3 is 10.2 Å². The second-order valence-corrected chi connectivity index (χ2v) is 10.2. The zero-order valence-electron chi connectivity index (χ0n) is 20.2. The summed E-state index contributed by atoms with van der Waals surface area (Å²) in [5.41, 5.74) is 6.07. The number of carbonyl (C=O) groups is 2. The molecule has 35 heavy (non-hydrogen) atoms. The first-order valence-corrected chi connectivity index (χ1v) is 12.9. The number of nitrogens with one attached hydrogen (secondary N) is 1. The van der Waals surface area contributed by atoms with Crippen LogP contribution >= 0.6 is 11.8 Å². The molecule has 2 aromatic carbocycles. The Morgan fingerprint density at radius 1 is 1.00 bits per heavy atom. The molecule has 4 aromatic rings. The fourth-order valence-corrected chi connectivity index (χ4v) is 5.62. The third kappa shape index (κ3) is 4.75. The molecule has 8 heteroatoms. The van der Waals surface area contributed by atoms with Crippen LogP contribution in [0.4, 0.5) is 5.69 Å². The van der Waals surface area contributed by atoms with Gasteiger partial charge in [0.15, 0.2) is 10.8 Å². The molecule has 5 rings (SSSR count). The highest BCUT2D eigenvalue weighted by Gasteiger charge is 2.28. The molecule has 1 aliphatic rings. The van der Waals surface area contributed by atoms with Crippen molar-refractivity contribution in [2.75, 3.05) is 24.2 Å². The highest BCUT2D eigenvalue weighted by Crippen LogP contribution is 2.27. The number of fused-ring (bicyclic) bond motifs is 3. The number of likely N-dealkylation sites (tertiary alicyclic amines) is 1. The predicted octanol–water partition coefficient (Wildman–Crippen LogP) is 4.78. The van der Waals surface area contributed by atoms with E-state index in [9.17, 15) is 9.59 Å². The van der Waals surface area contributed by atoms with Gasteiger partial charge in [-0.2, -0.15) is 0 Å². The summed E-state index contributed by atoms with van der Waals surface area (Å²) in [4.78, 5) is 27.6. The van der Waals surface area contributed by atoms with Gasteiger partial charge in [-0.05, 0) is 62.9 Å². The number of aryl methyl sites for hydroxylation is 3. The van der Waals surface area contributed by atoms with Crippen molar-refractivity contribution in [3.63, 3.8) is 0 Å². The third-order valence-electron chi connectivity index (χ3n) is 6.76. The molecule has 1 aliphatic heterocycles. The number of pyridine rings is 1. The molecule has 0 bridgehead atoms. The van der Waals surface area contributed by atoms with Gasteiger partial charge in [-0.25, -0.2) is 0 Å². The number of hydrogen-bond donors (Lipinski definition) is 1. The number of thioether (sulfide) groups is 1. The molecule has 0 spiro atoms. The van der Waals surface area contributed by atoms with Crippen molar-refractivity contribution in [3.8, 4) is 0 Å². The van der Waals surface area contributed by atoms with Crippen LogP contribution in [0.25, 0.3) is 16.6 Å². The van der Waals surface area contributed by atoms with Gasteiger partial charge in [0.2, 0.25) is 11.8 Å². The fraction of sp³-hybridized carbons (Fsp3) is 0.333. The van der Waals surface area contributed by atoms with Crippen molar-refractivity contribution in [2.45, 2.75) is 38.8 Å². The molecule has 0 atom stereocenters. The lowest BCUT2D eigenvalue weighted by atomic mass is 9.95. The number of amides is 2. The van der Waals surface area contributed by atoms with E-state index in [1.807, 2.05) is 53.5 Å². The third-order valence-corrected chi connectivity index (χ3v) is 7.67. The smallest absolute Gasteiger partial charge is 0.233 e. The highest BCUT2D eigenvalue weighted by molar-refractivity contribution is 7.99. The van der Waals surface area contributed by atoms with Gasteiger partial charge >= 0.3 is 0 Å². The van der Waals surface area contributed by atoms with Crippen molar-refractivity contribution in [1.29, 1.82) is 0 Å². The number of nitrogens with zero attached hydrogens (tertiary/aromatic N) is 4. The Morgan fingerprint density at radius 2 is 1.77 bits per heavy atom. The van der Waals surface area contributed by atoms with Crippen LogP contribution in [0.3, 0.4) is 0 Å². The maximum Gasteiger partial charge on any atom is 0.233 e. The average molecular weight is 488 g/mol. The Hall–Kier alpha value is -3.39. The Labute approximate surface area is 208 Å². The lowest BCUT2D eigenvalue weighted by Gasteiger charge is -2.31. The van der Waals surface area contributed by atoms with Crippen molar-refractivity contribution in [3.05, 3.63) is 65.2 Å². The van der Waals surface area contributed by atoms with E-state index in [4.69, 9.17) is 0 Å². The lowest BCUT2D eigenvalue weighted by Crippen LogP contribution is -2.42. The van der Waals surface area contributed by atoms with E-state index in [1.54, 1.807) is 0 Å². The first-order valence-electron chi connectivity index (χ1n) is 11.9. The van der Waals surface area contributed by atoms with Gasteiger partial charge in [-0.15, -0.1) is 10.2 Å². The molecule has 0 aliphatic carbocycles. The van der Waals surface area contributed by atoms with Crippen LogP contribution in [-0.2, 0) is 9.59 Å². The predicted molar refractivity (Wildman–Crippen MR) is 140 cm³/mol. The number of para-hydroxylation sites is 1. The van der Waals surface area contributed by atoms with Crippen LogP contribution < -0.4 is 5.32 Å². The largest absolute Gasteiger partial charge is 0.342 e. The molecule has 0 unspecified atom stereocenters. The Morgan fingerprint density at radius 3 is 2.54 bits per heavy atom. The van der Waals surface area contributed by atoms with E-state index in [-0.39, 0.29) is 17.7 Å². The monoisotopic (exact) mass is 487 g/mol. The summed E-state index contributed by atoms with van der Waals surface area (Å²) in [5, 5.41) is 13.6. The Kier molecular flexibility index (Phi) is 6.47. The summed E-state index contributed by atoms with van der Waals surface area (Å²) in [7, 11) is 0. The first-order chi connectivity index (χ1) is 16.9. The normalized spacial score (nSPS) is 14.5. The average Bonchev–Trinajstić information content (AvgIpc) is 3.27.